The Labute approximate surface area is 190 Å². The number of aromatic carboxylic acids is 1. The van der Waals surface area contributed by atoms with Crippen molar-refractivity contribution in [3.8, 4) is 11.4 Å². The zero-order chi connectivity index (χ0) is 23.3. The van der Waals surface area contributed by atoms with Gasteiger partial charge in [-0.2, -0.15) is 0 Å². The van der Waals surface area contributed by atoms with Gasteiger partial charge in [0.1, 0.15) is 15.7 Å². The Hall–Kier alpha value is -3.65. The summed E-state index contributed by atoms with van der Waals surface area (Å²) in [4.78, 5) is 16.2. The molecular formula is C25H23N3O4S. The lowest BCUT2D eigenvalue weighted by Gasteiger charge is -2.10. The molecule has 0 amide bonds. The SMILES string of the molecule is CCn1c2ccccc2c2cc(-c3nc4cc(C(=O)O)ccc4n3CCS(C)(=O)=O)ccc21. The lowest BCUT2D eigenvalue weighted by atomic mass is 10.1. The van der Waals surface area contributed by atoms with Crippen molar-refractivity contribution in [2.75, 3.05) is 12.0 Å². The summed E-state index contributed by atoms with van der Waals surface area (Å²) < 4.78 is 27.9. The normalized spacial score (nSPS) is 12.2. The van der Waals surface area contributed by atoms with E-state index in [1.807, 2.05) is 22.8 Å². The monoisotopic (exact) mass is 461 g/mol. The van der Waals surface area contributed by atoms with Crippen molar-refractivity contribution in [3.05, 3.63) is 66.2 Å². The van der Waals surface area contributed by atoms with E-state index in [1.165, 1.54) is 18.4 Å². The fourth-order valence-electron chi connectivity index (χ4n) is 4.50. The van der Waals surface area contributed by atoms with E-state index >= 15 is 0 Å². The second-order valence-corrected chi connectivity index (χ2v) is 10.5. The summed E-state index contributed by atoms with van der Waals surface area (Å²) >= 11 is 0. The molecule has 7 nitrogen and oxygen atoms in total. The maximum Gasteiger partial charge on any atom is 0.335 e. The Bertz CT molecular complexity index is 1660. The molecule has 0 atom stereocenters. The molecule has 8 heteroatoms. The minimum atomic E-state index is -3.20. The molecule has 3 aromatic carbocycles. The average molecular weight is 462 g/mol. The third-order valence-corrected chi connectivity index (χ3v) is 6.95. The van der Waals surface area contributed by atoms with Crippen LogP contribution in [0.15, 0.2) is 60.7 Å². The maximum absolute atomic E-state index is 11.9. The first kappa shape index (κ1) is 21.2. The summed E-state index contributed by atoms with van der Waals surface area (Å²) in [7, 11) is -3.20. The van der Waals surface area contributed by atoms with Crippen molar-refractivity contribution >= 4 is 48.6 Å². The van der Waals surface area contributed by atoms with E-state index < -0.39 is 15.8 Å². The van der Waals surface area contributed by atoms with Crippen LogP contribution in [-0.4, -0.2) is 45.6 Å². The molecule has 168 valence electrons. The third kappa shape index (κ3) is 3.66. The molecule has 5 rings (SSSR count). The number of carbonyl (C=O) groups is 1. The minimum absolute atomic E-state index is 0.0382. The number of aryl methyl sites for hydroxylation is 2. The summed E-state index contributed by atoms with van der Waals surface area (Å²) in [5.74, 6) is -0.451. The Morgan fingerprint density at radius 2 is 1.67 bits per heavy atom. The van der Waals surface area contributed by atoms with Crippen LogP contribution in [0.2, 0.25) is 0 Å². The summed E-state index contributed by atoms with van der Waals surface area (Å²) in [5, 5.41) is 11.6. The summed E-state index contributed by atoms with van der Waals surface area (Å²) in [6, 6.07) is 19.1. The van der Waals surface area contributed by atoms with Gasteiger partial charge in [0.2, 0.25) is 0 Å². The van der Waals surface area contributed by atoms with E-state index in [1.54, 1.807) is 6.07 Å². The highest BCUT2D eigenvalue weighted by Gasteiger charge is 2.18. The molecule has 1 N–H and O–H groups in total. The van der Waals surface area contributed by atoms with Crippen LogP contribution in [0.1, 0.15) is 17.3 Å². The van der Waals surface area contributed by atoms with Crippen LogP contribution in [0.5, 0.6) is 0 Å². The number of sulfone groups is 1. The zero-order valence-corrected chi connectivity index (χ0v) is 19.1. The lowest BCUT2D eigenvalue weighted by Crippen LogP contribution is -2.12. The van der Waals surface area contributed by atoms with E-state index in [4.69, 9.17) is 4.98 Å². The predicted octanol–water partition coefficient (Wildman–Crippen LogP) is 4.57. The molecule has 0 aliphatic carbocycles. The van der Waals surface area contributed by atoms with Crippen LogP contribution in [-0.2, 0) is 22.9 Å². The molecule has 2 heterocycles. The second-order valence-electron chi connectivity index (χ2n) is 8.22. The highest BCUT2D eigenvalue weighted by atomic mass is 32.2. The standard InChI is InChI=1S/C25H23N3O4S/c1-3-27-21-7-5-4-6-18(21)19-14-16(8-10-22(19)27)24-26-20-15-17(25(29)30)9-11-23(20)28(24)12-13-33(2,31)32/h4-11,14-15H,3,12-13H2,1-2H3,(H,29,30). The molecule has 0 saturated carbocycles. The summed E-state index contributed by atoms with van der Waals surface area (Å²) in [6.45, 7) is 3.19. The van der Waals surface area contributed by atoms with Gasteiger partial charge in [0.25, 0.3) is 0 Å². The molecule has 0 bridgehead atoms. The van der Waals surface area contributed by atoms with Gasteiger partial charge in [-0.15, -0.1) is 0 Å². The number of hydrogen-bond acceptors (Lipinski definition) is 4. The average Bonchev–Trinajstić information content (AvgIpc) is 3.31. The van der Waals surface area contributed by atoms with E-state index in [0.717, 1.165) is 33.9 Å². The number of rotatable bonds is 6. The van der Waals surface area contributed by atoms with Gasteiger partial charge in [0.15, 0.2) is 0 Å². The molecule has 0 aliphatic heterocycles. The van der Waals surface area contributed by atoms with Crippen LogP contribution < -0.4 is 0 Å². The molecule has 0 aliphatic rings. The number of carboxylic acids is 1. The van der Waals surface area contributed by atoms with Gasteiger partial charge in [-0.05, 0) is 49.4 Å². The molecule has 2 aromatic heterocycles. The Morgan fingerprint density at radius 3 is 2.39 bits per heavy atom. The first-order valence-corrected chi connectivity index (χ1v) is 12.8. The highest BCUT2D eigenvalue weighted by molar-refractivity contribution is 7.90. The Morgan fingerprint density at radius 1 is 0.939 bits per heavy atom. The van der Waals surface area contributed by atoms with Crippen molar-refractivity contribution in [2.45, 2.75) is 20.0 Å². The van der Waals surface area contributed by atoms with Crippen molar-refractivity contribution in [1.29, 1.82) is 0 Å². The van der Waals surface area contributed by atoms with E-state index in [-0.39, 0.29) is 17.9 Å². The maximum atomic E-state index is 11.9. The lowest BCUT2D eigenvalue weighted by molar-refractivity contribution is 0.0697. The Kier molecular flexibility index (Phi) is 4.97. The number of aromatic nitrogens is 3. The molecule has 0 unspecified atom stereocenters. The first-order valence-electron chi connectivity index (χ1n) is 10.7. The second kappa shape index (κ2) is 7.74. The molecule has 0 fully saturated rings. The fourth-order valence-corrected chi connectivity index (χ4v) is 5.01. The largest absolute Gasteiger partial charge is 0.478 e. The summed E-state index contributed by atoms with van der Waals surface area (Å²) in [6.07, 6.45) is 1.21. The third-order valence-electron chi connectivity index (χ3n) is 6.03. The van der Waals surface area contributed by atoms with Gasteiger partial charge < -0.3 is 14.2 Å². The molecule has 0 saturated heterocycles. The number of para-hydroxylation sites is 1. The Balaban J connectivity index is 1.75. The van der Waals surface area contributed by atoms with Gasteiger partial charge in [0, 0.05) is 46.7 Å². The van der Waals surface area contributed by atoms with Crippen LogP contribution in [0.4, 0.5) is 0 Å². The van der Waals surface area contributed by atoms with Crippen LogP contribution in [0.3, 0.4) is 0 Å². The highest BCUT2D eigenvalue weighted by Crippen LogP contribution is 2.33. The fraction of sp³-hybridized carbons (Fsp3) is 0.200. The number of hydrogen-bond donors (Lipinski definition) is 1. The number of imidazole rings is 1. The van der Waals surface area contributed by atoms with E-state index in [0.29, 0.717) is 16.9 Å². The van der Waals surface area contributed by atoms with E-state index in [9.17, 15) is 18.3 Å². The van der Waals surface area contributed by atoms with Crippen LogP contribution in [0.25, 0.3) is 44.2 Å². The van der Waals surface area contributed by atoms with Crippen molar-refractivity contribution in [2.24, 2.45) is 0 Å². The molecule has 33 heavy (non-hydrogen) atoms. The summed E-state index contributed by atoms with van der Waals surface area (Å²) in [5.41, 5.74) is 4.49. The number of benzene rings is 3. The van der Waals surface area contributed by atoms with Gasteiger partial charge in [-0.25, -0.2) is 18.2 Å². The zero-order valence-electron chi connectivity index (χ0n) is 18.3. The molecular weight excluding hydrogens is 438 g/mol. The van der Waals surface area contributed by atoms with Gasteiger partial charge in [-0.3, -0.25) is 0 Å². The van der Waals surface area contributed by atoms with Crippen LogP contribution in [0, 0.1) is 0 Å². The van der Waals surface area contributed by atoms with E-state index in [2.05, 4.69) is 35.8 Å². The quantitative estimate of drug-likeness (QED) is 0.400. The minimum Gasteiger partial charge on any atom is -0.478 e. The van der Waals surface area contributed by atoms with Gasteiger partial charge in [-0.1, -0.05) is 18.2 Å². The van der Waals surface area contributed by atoms with Crippen molar-refractivity contribution in [3.63, 3.8) is 0 Å². The smallest absolute Gasteiger partial charge is 0.335 e. The molecule has 0 radical (unpaired) electrons. The first-order chi connectivity index (χ1) is 15.8. The molecule has 0 spiro atoms. The van der Waals surface area contributed by atoms with Crippen molar-refractivity contribution < 1.29 is 18.3 Å². The van der Waals surface area contributed by atoms with Gasteiger partial charge >= 0.3 is 5.97 Å². The number of nitrogens with zero attached hydrogens (tertiary/aromatic N) is 3. The van der Waals surface area contributed by atoms with Crippen molar-refractivity contribution in [1.82, 2.24) is 14.1 Å². The predicted molar refractivity (Wildman–Crippen MR) is 131 cm³/mol. The topological polar surface area (TPSA) is 94.2 Å². The van der Waals surface area contributed by atoms with Gasteiger partial charge in [0.05, 0.1) is 22.3 Å². The molecule has 5 aromatic rings. The number of carboxylic acid groups (broad SMARTS) is 1. The number of fused-ring (bicyclic) bond motifs is 4. The van der Waals surface area contributed by atoms with Crippen LogP contribution >= 0.6 is 0 Å².